The van der Waals surface area contributed by atoms with E-state index in [0.717, 1.165) is 0 Å². The topological polar surface area (TPSA) is 27.7 Å². The van der Waals surface area contributed by atoms with Crippen molar-refractivity contribution < 1.29 is 31.8 Å². The van der Waals surface area contributed by atoms with Gasteiger partial charge in [0, 0.05) is 12.8 Å². The maximum absolute atomic E-state index is 13.3. The Hall–Kier alpha value is -2.96. The molecule has 0 saturated heterocycles. The van der Waals surface area contributed by atoms with Crippen LogP contribution in [0.4, 0.5) is 17.6 Å². The van der Waals surface area contributed by atoms with Gasteiger partial charge in [-0.3, -0.25) is 0 Å². The molecule has 156 valence electrons. The van der Waals surface area contributed by atoms with Crippen molar-refractivity contribution in [1.82, 2.24) is 0 Å². The van der Waals surface area contributed by atoms with Crippen molar-refractivity contribution in [2.75, 3.05) is 0 Å². The monoisotopic (exact) mass is 410 g/mol. The Kier molecular flexibility index (Phi) is 8.58. The first-order valence-electron chi connectivity index (χ1n) is 9.04. The van der Waals surface area contributed by atoms with E-state index in [2.05, 4.69) is 0 Å². The van der Waals surface area contributed by atoms with Crippen molar-refractivity contribution >= 4 is 0 Å². The van der Waals surface area contributed by atoms with Crippen molar-refractivity contribution in [1.29, 1.82) is 0 Å². The highest BCUT2D eigenvalue weighted by molar-refractivity contribution is 5.22. The Balaban J connectivity index is 2.00. The number of ether oxygens (including phenoxy) is 3. The first-order chi connectivity index (χ1) is 13.8. The fourth-order valence-electron chi connectivity index (χ4n) is 2.53. The molecule has 0 aromatic heterocycles. The molecule has 2 rings (SSSR count). The summed E-state index contributed by atoms with van der Waals surface area (Å²) >= 11 is 0. The summed E-state index contributed by atoms with van der Waals surface area (Å²) in [4.78, 5) is 0. The zero-order chi connectivity index (χ0) is 21.2. The van der Waals surface area contributed by atoms with Crippen LogP contribution in [0.15, 0.2) is 84.3 Å². The SMILES string of the molecule is CC(CC(OC(CC(C)Oc1ccccc1)=C(F)F)=C(F)F)Oc1ccccc1. The van der Waals surface area contributed by atoms with E-state index in [4.69, 9.17) is 14.2 Å². The molecular weight excluding hydrogens is 388 g/mol. The fraction of sp³-hybridized carbons (Fsp3) is 0.273. The molecule has 0 bridgehead atoms. The maximum atomic E-state index is 13.3. The number of para-hydroxylation sites is 2. The smallest absolute Gasteiger partial charge is 0.308 e. The van der Waals surface area contributed by atoms with Crippen LogP contribution in [0, 0.1) is 0 Å². The molecule has 2 unspecified atom stereocenters. The summed E-state index contributed by atoms with van der Waals surface area (Å²) in [7, 11) is 0. The van der Waals surface area contributed by atoms with Crippen LogP contribution in [0.3, 0.4) is 0 Å². The summed E-state index contributed by atoms with van der Waals surface area (Å²) in [6, 6.07) is 17.2. The van der Waals surface area contributed by atoms with Crippen molar-refractivity contribution in [3.8, 4) is 11.5 Å². The molecule has 2 aromatic rings. The van der Waals surface area contributed by atoms with Gasteiger partial charge in [-0.1, -0.05) is 36.4 Å². The van der Waals surface area contributed by atoms with Crippen molar-refractivity contribution in [2.24, 2.45) is 0 Å². The zero-order valence-electron chi connectivity index (χ0n) is 16.1. The summed E-state index contributed by atoms with van der Waals surface area (Å²) < 4.78 is 69.2. The standard InChI is InChI=1S/C22H22F4O3/c1-15(27-17-9-5-3-6-10-17)13-19(21(23)24)29-20(22(25)26)14-16(2)28-18-11-7-4-8-12-18/h3-12,15-16H,13-14H2,1-2H3. The average Bonchev–Trinajstić information content (AvgIpc) is 2.68. The lowest BCUT2D eigenvalue weighted by molar-refractivity contribution is 0.139. The molecule has 0 amide bonds. The Bertz CT molecular complexity index is 745. The van der Waals surface area contributed by atoms with Crippen molar-refractivity contribution in [3.63, 3.8) is 0 Å². The molecule has 29 heavy (non-hydrogen) atoms. The quantitative estimate of drug-likeness (QED) is 0.314. The second-order valence-electron chi connectivity index (χ2n) is 6.36. The minimum Gasteiger partial charge on any atom is -0.490 e. The maximum Gasteiger partial charge on any atom is 0.308 e. The van der Waals surface area contributed by atoms with Crippen LogP contribution >= 0.6 is 0 Å². The van der Waals surface area contributed by atoms with Crippen LogP contribution in [0.1, 0.15) is 26.7 Å². The van der Waals surface area contributed by atoms with E-state index >= 15 is 0 Å². The molecule has 0 aliphatic rings. The summed E-state index contributed by atoms with van der Waals surface area (Å²) in [5, 5.41) is 0. The number of hydrogen-bond donors (Lipinski definition) is 0. The highest BCUT2D eigenvalue weighted by Gasteiger charge is 2.21. The molecule has 0 aliphatic heterocycles. The fourth-order valence-corrected chi connectivity index (χ4v) is 2.53. The van der Waals surface area contributed by atoms with Crippen molar-refractivity contribution in [3.05, 3.63) is 84.3 Å². The van der Waals surface area contributed by atoms with E-state index in [1.54, 1.807) is 74.5 Å². The molecule has 0 saturated carbocycles. The van der Waals surface area contributed by atoms with Crippen LogP contribution in [0.25, 0.3) is 0 Å². The van der Waals surface area contributed by atoms with E-state index in [-0.39, 0.29) is 12.8 Å². The van der Waals surface area contributed by atoms with Crippen LogP contribution in [0.2, 0.25) is 0 Å². The van der Waals surface area contributed by atoms with Gasteiger partial charge in [-0.25, -0.2) is 0 Å². The summed E-state index contributed by atoms with van der Waals surface area (Å²) in [6.45, 7) is 3.10. The van der Waals surface area contributed by atoms with Crippen LogP contribution in [0.5, 0.6) is 11.5 Å². The lowest BCUT2D eigenvalue weighted by atomic mass is 10.2. The Morgan fingerprint density at radius 1 is 0.655 bits per heavy atom. The molecule has 3 nitrogen and oxygen atoms in total. The van der Waals surface area contributed by atoms with Gasteiger partial charge < -0.3 is 14.2 Å². The van der Waals surface area contributed by atoms with E-state index in [1.165, 1.54) is 0 Å². The Morgan fingerprint density at radius 2 is 1.00 bits per heavy atom. The van der Waals surface area contributed by atoms with E-state index in [9.17, 15) is 17.6 Å². The van der Waals surface area contributed by atoms with Crippen LogP contribution in [-0.4, -0.2) is 12.2 Å². The van der Waals surface area contributed by atoms with Gasteiger partial charge in [0.25, 0.3) is 0 Å². The number of rotatable bonds is 10. The molecule has 0 spiro atoms. The molecule has 0 radical (unpaired) electrons. The molecule has 0 heterocycles. The van der Waals surface area contributed by atoms with Gasteiger partial charge in [-0.05, 0) is 38.1 Å². The Morgan fingerprint density at radius 3 is 1.31 bits per heavy atom. The lowest BCUT2D eigenvalue weighted by Crippen LogP contribution is -2.17. The minimum absolute atomic E-state index is 0.373. The Labute approximate surface area is 167 Å². The van der Waals surface area contributed by atoms with Gasteiger partial charge in [0.1, 0.15) is 23.7 Å². The largest absolute Gasteiger partial charge is 0.490 e. The average molecular weight is 410 g/mol. The van der Waals surface area contributed by atoms with Crippen LogP contribution in [-0.2, 0) is 4.74 Å². The highest BCUT2D eigenvalue weighted by atomic mass is 19.3. The molecule has 2 aromatic carbocycles. The third-order valence-corrected chi connectivity index (χ3v) is 3.77. The molecule has 2 atom stereocenters. The number of halogens is 4. The number of hydrogen-bond acceptors (Lipinski definition) is 3. The van der Waals surface area contributed by atoms with Gasteiger partial charge in [-0.2, -0.15) is 17.6 Å². The van der Waals surface area contributed by atoms with E-state index in [1.807, 2.05) is 0 Å². The number of benzene rings is 2. The van der Waals surface area contributed by atoms with Gasteiger partial charge in [0.05, 0.1) is 0 Å². The molecule has 0 aliphatic carbocycles. The first-order valence-corrected chi connectivity index (χ1v) is 9.04. The van der Waals surface area contributed by atoms with Gasteiger partial charge in [0.15, 0.2) is 11.5 Å². The lowest BCUT2D eigenvalue weighted by Gasteiger charge is -2.19. The van der Waals surface area contributed by atoms with Gasteiger partial charge in [-0.15, -0.1) is 0 Å². The van der Waals surface area contributed by atoms with E-state index < -0.39 is 35.9 Å². The first kappa shape index (κ1) is 22.3. The summed E-state index contributed by atoms with van der Waals surface area (Å²) in [5.41, 5.74) is 0. The highest BCUT2D eigenvalue weighted by Crippen LogP contribution is 2.27. The minimum atomic E-state index is -2.18. The van der Waals surface area contributed by atoms with Crippen molar-refractivity contribution in [2.45, 2.75) is 38.9 Å². The second-order valence-corrected chi connectivity index (χ2v) is 6.36. The predicted molar refractivity (Wildman–Crippen MR) is 102 cm³/mol. The van der Waals surface area contributed by atoms with Crippen LogP contribution < -0.4 is 9.47 Å². The summed E-state index contributed by atoms with van der Waals surface area (Å²) in [6.07, 6.45) is -6.52. The molecule has 7 heteroatoms. The molecule has 0 N–H and O–H groups in total. The second kappa shape index (κ2) is 11.1. The third kappa shape index (κ3) is 7.89. The van der Waals surface area contributed by atoms with Gasteiger partial charge >= 0.3 is 12.2 Å². The summed E-state index contributed by atoms with van der Waals surface area (Å²) in [5.74, 6) is -0.752. The third-order valence-electron chi connectivity index (χ3n) is 3.77. The zero-order valence-corrected chi connectivity index (χ0v) is 16.1. The van der Waals surface area contributed by atoms with E-state index in [0.29, 0.717) is 11.5 Å². The molecular formula is C22H22F4O3. The molecule has 0 fully saturated rings. The van der Waals surface area contributed by atoms with Gasteiger partial charge in [0.2, 0.25) is 0 Å². The predicted octanol–water partition coefficient (Wildman–Crippen LogP) is 6.93. The normalized spacial score (nSPS) is 12.5.